The zero-order valence-corrected chi connectivity index (χ0v) is 20.4. The van der Waals surface area contributed by atoms with Crippen LogP contribution in [-0.4, -0.2) is 57.3 Å². The average Bonchev–Trinajstić information content (AvgIpc) is 3.32. The Kier molecular flexibility index (Phi) is 9.90. The predicted molar refractivity (Wildman–Crippen MR) is 133 cm³/mol. The van der Waals surface area contributed by atoms with Crippen molar-refractivity contribution in [1.82, 2.24) is 4.90 Å². The van der Waals surface area contributed by atoms with Crippen LogP contribution in [0, 0.1) is 5.92 Å². The quantitative estimate of drug-likeness (QED) is 0.415. The van der Waals surface area contributed by atoms with Crippen LogP contribution in [0.15, 0.2) is 53.4 Å². The first-order chi connectivity index (χ1) is 15.6. The Labute approximate surface area is 197 Å². The Balaban J connectivity index is 1.72. The van der Waals surface area contributed by atoms with Gasteiger partial charge in [-0.1, -0.05) is 38.1 Å². The van der Waals surface area contributed by atoms with Crippen LogP contribution in [0.25, 0.3) is 0 Å². The van der Waals surface area contributed by atoms with Gasteiger partial charge >= 0.3 is 0 Å². The van der Waals surface area contributed by atoms with Gasteiger partial charge in [0.25, 0.3) is 5.91 Å². The van der Waals surface area contributed by atoms with Crippen molar-refractivity contribution in [1.29, 1.82) is 0 Å². The maximum Gasteiger partial charge on any atom is 0.253 e. The highest BCUT2D eigenvalue weighted by Crippen LogP contribution is 2.33. The third-order valence-electron chi connectivity index (χ3n) is 5.53. The molecule has 6 heteroatoms. The van der Waals surface area contributed by atoms with Crippen LogP contribution in [0.3, 0.4) is 0 Å². The number of benzene rings is 2. The van der Waals surface area contributed by atoms with E-state index in [0.29, 0.717) is 19.1 Å². The van der Waals surface area contributed by atoms with Crippen molar-refractivity contribution in [2.75, 3.05) is 51.4 Å². The molecular weight excluding hydrogens is 422 g/mol. The number of hydrogen-bond donors (Lipinski definition) is 0. The van der Waals surface area contributed by atoms with Gasteiger partial charge < -0.3 is 19.3 Å². The van der Waals surface area contributed by atoms with Gasteiger partial charge in [0, 0.05) is 30.3 Å². The summed E-state index contributed by atoms with van der Waals surface area (Å²) >= 11 is 1.76. The molecule has 32 heavy (non-hydrogen) atoms. The maximum absolute atomic E-state index is 13.2. The molecule has 2 aromatic rings. The van der Waals surface area contributed by atoms with E-state index in [1.54, 1.807) is 18.9 Å². The number of ether oxygens (including phenoxy) is 2. The predicted octanol–water partition coefficient (Wildman–Crippen LogP) is 5.09. The van der Waals surface area contributed by atoms with E-state index in [0.717, 1.165) is 41.7 Å². The second-order valence-corrected chi connectivity index (χ2v) is 9.62. The number of rotatable bonds is 12. The minimum atomic E-state index is 0.0299. The van der Waals surface area contributed by atoms with Crippen LogP contribution in [0.4, 0.5) is 5.69 Å². The van der Waals surface area contributed by atoms with Gasteiger partial charge in [0.1, 0.15) is 12.4 Å². The van der Waals surface area contributed by atoms with E-state index >= 15 is 0 Å². The smallest absolute Gasteiger partial charge is 0.253 e. The standard InChI is InChI=1S/C26H36N2O3S/c1-21(2)18-31-19-26(29)28(17-16-27-14-6-7-15-27)24-8-4-5-9-25(24)32-20-22-10-12-23(30-3)13-11-22/h4-5,8-13,21H,6-7,14-20H2,1-3H3/i20+2. The van der Waals surface area contributed by atoms with Crippen LogP contribution < -0.4 is 9.64 Å². The highest BCUT2D eigenvalue weighted by Gasteiger charge is 2.21. The lowest BCUT2D eigenvalue weighted by molar-refractivity contribution is -0.123. The molecule has 0 bridgehead atoms. The molecule has 2 aromatic carbocycles. The summed E-state index contributed by atoms with van der Waals surface area (Å²) in [4.78, 5) is 18.7. The fourth-order valence-corrected chi connectivity index (χ4v) is 4.79. The van der Waals surface area contributed by atoms with Gasteiger partial charge in [-0.2, -0.15) is 0 Å². The lowest BCUT2D eigenvalue weighted by Gasteiger charge is -2.27. The van der Waals surface area contributed by atoms with Gasteiger partial charge in [-0.15, -0.1) is 11.8 Å². The van der Waals surface area contributed by atoms with E-state index in [1.165, 1.54) is 18.4 Å². The van der Waals surface area contributed by atoms with Crippen LogP contribution in [-0.2, 0) is 15.3 Å². The summed E-state index contributed by atoms with van der Waals surface area (Å²) in [5.41, 5.74) is 2.20. The Morgan fingerprint density at radius 3 is 2.53 bits per heavy atom. The molecule has 1 saturated heterocycles. The van der Waals surface area contributed by atoms with Gasteiger partial charge in [0.05, 0.1) is 12.8 Å². The van der Waals surface area contributed by atoms with Crippen LogP contribution in [0.1, 0.15) is 32.3 Å². The number of nitrogens with zero attached hydrogens (tertiary/aromatic N) is 2. The lowest BCUT2D eigenvalue weighted by Crippen LogP contribution is -2.40. The van der Waals surface area contributed by atoms with E-state index in [9.17, 15) is 4.79 Å². The fraction of sp³-hybridized carbons (Fsp3) is 0.500. The summed E-state index contributed by atoms with van der Waals surface area (Å²) in [6.07, 6.45) is 2.50. The molecule has 0 spiro atoms. The van der Waals surface area contributed by atoms with Crippen LogP contribution in [0.5, 0.6) is 5.75 Å². The van der Waals surface area contributed by atoms with Crippen LogP contribution in [0.2, 0.25) is 0 Å². The van der Waals surface area contributed by atoms with Crippen LogP contribution >= 0.6 is 11.8 Å². The summed E-state index contributed by atoms with van der Waals surface area (Å²) in [6.45, 7) is 8.74. The zero-order chi connectivity index (χ0) is 22.8. The minimum absolute atomic E-state index is 0.0299. The van der Waals surface area contributed by atoms with E-state index in [4.69, 9.17) is 9.47 Å². The molecule has 0 aromatic heterocycles. The van der Waals surface area contributed by atoms with E-state index in [2.05, 4.69) is 43.0 Å². The molecular formula is C26H36N2O3S. The summed E-state index contributed by atoms with van der Waals surface area (Å²) in [7, 11) is 1.68. The number of amides is 1. The molecule has 174 valence electrons. The van der Waals surface area contributed by atoms with Gasteiger partial charge in [0.2, 0.25) is 0 Å². The molecule has 0 unspecified atom stereocenters. The third-order valence-corrected chi connectivity index (χ3v) is 6.66. The Hall–Kier alpha value is -2.02. The topological polar surface area (TPSA) is 42.0 Å². The first kappa shape index (κ1) is 24.6. The third kappa shape index (κ3) is 7.54. The molecule has 0 radical (unpaired) electrons. The Morgan fingerprint density at radius 2 is 1.84 bits per heavy atom. The van der Waals surface area contributed by atoms with E-state index in [-0.39, 0.29) is 12.5 Å². The molecule has 0 N–H and O–H groups in total. The summed E-state index contributed by atoms with van der Waals surface area (Å²) in [6, 6.07) is 16.4. The number of para-hydroxylation sites is 1. The molecule has 0 saturated carbocycles. The molecule has 1 aliphatic heterocycles. The van der Waals surface area contributed by atoms with Crippen molar-refractivity contribution in [2.45, 2.75) is 37.3 Å². The number of likely N-dealkylation sites (tertiary alicyclic amines) is 1. The Morgan fingerprint density at radius 1 is 1.12 bits per heavy atom. The molecule has 5 nitrogen and oxygen atoms in total. The first-order valence-electron chi connectivity index (χ1n) is 11.5. The second kappa shape index (κ2) is 12.9. The zero-order valence-electron chi connectivity index (χ0n) is 19.6. The van der Waals surface area contributed by atoms with Gasteiger partial charge in [-0.3, -0.25) is 4.79 Å². The number of carbonyl (C=O) groups excluding carboxylic acids is 1. The lowest BCUT2D eigenvalue weighted by atomic mass is 10.2. The SMILES string of the molecule is COc1ccc([14CH2]Sc2ccccc2N(CCN2CCCC2)C(=O)COCC(C)C)cc1. The molecule has 0 atom stereocenters. The van der Waals surface area contributed by atoms with Crippen molar-refractivity contribution in [3.05, 3.63) is 54.1 Å². The molecule has 3 rings (SSSR count). The Bertz CT molecular complexity index is 835. The minimum Gasteiger partial charge on any atom is -0.497 e. The largest absolute Gasteiger partial charge is 0.497 e. The monoisotopic (exact) mass is 458 g/mol. The number of carbonyl (C=O) groups is 1. The summed E-state index contributed by atoms with van der Waals surface area (Å²) in [5.74, 6) is 2.13. The van der Waals surface area contributed by atoms with E-state index in [1.807, 2.05) is 29.2 Å². The van der Waals surface area contributed by atoms with Crippen molar-refractivity contribution < 1.29 is 14.3 Å². The molecule has 1 fully saturated rings. The number of anilines is 1. The normalized spacial score (nSPS) is 14.1. The molecule has 1 amide bonds. The van der Waals surface area contributed by atoms with E-state index < -0.39 is 0 Å². The number of hydrogen-bond acceptors (Lipinski definition) is 5. The number of methoxy groups -OCH3 is 1. The second-order valence-electron chi connectivity index (χ2n) is 8.61. The molecule has 1 heterocycles. The van der Waals surface area contributed by atoms with Crippen molar-refractivity contribution in [2.24, 2.45) is 5.92 Å². The summed E-state index contributed by atoms with van der Waals surface area (Å²) < 4.78 is 11.0. The average molecular weight is 459 g/mol. The molecule has 0 aliphatic carbocycles. The molecule has 1 aliphatic rings. The van der Waals surface area contributed by atoms with Gasteiger partial charge in [-0.05, 0) is 61.7 Å². The van der Waals surface area contributed by atoms with Crippen molar-refractivity contribution in [3.63, 3.8) is 0 Å². The van der Waals surface area contributed by atoms with Crippen molar-refractivity contribution in [3.8, 4) is 5.75 Å². The maximum atomic E-state index is 13.2. The fourth-order valence-electron chi connectivity index (χ4n) is 3.77. The van der Waals surface area contributed by atoms with Gasteiger partial charge in [0.15, 0.2) is 0 Å². The van der Waals surface area contributed by atoms with Crippen molar-refractivity contribution >= 4 is 23.4 Å². The summed E-state index contributed by atoms with van der Waals surface area (Å²) in [5, 5.41) is 0. The highest BCUT2D eigenvalue weighted by molar-refractivity contribution is 7.98. The first-order valence-corrected chi connectivity index (χ1v) is 12.5. The highest BCUT2D eigenvalue weighted by atomic mass is 32.2. The van der Waals surface area contributed by atoms with Gasteiger partial charge in [-0.25, -0.2) is 0 Å². The number of thioether (sulfide) groups is 1.